The van der Waals surface area contributed by atoms with Gasteiger partial charge in [-0.05, 0) is 44.0 Å². The lowest BCUT2D eigenvalue weighted by Gasteiger charge is -2.31. The molecule has 1 N–H and O–H groups in total. The lowest BCUT2D eigenvalue weighted by atomic mass is 9.97. The maximum atomic E-state index is 13.0. The van der Waals surface area contributed by atoms with E-state index in [2.05, 4.69) is 5.32 Å². The van der Waals surface area contributed by atoms with Crippen molar-refractivity contribution in [2.45, 2.75) is 30.7 Å². The van der Waals surface area contributed by atoms with Gasteiger partial charge in [0, 0.05) is 25.1 Å². The minimum Gasteiger partial charge on any atom is -0.493 e. The summed E-state index contributed by atoms with van der Waals surface area (Å²) in [5.41, 5.74) is 0. The molecular weight excluding hydrogens is 396 g/mol. The number of rotatable bonds is 7. The third-order valence-electron chi connectivity index (χ3n) is 5.15. The summed E-state index contributed by atoms with van der Waals surface area (Å²) in [6.45, 7) is 2.42. The van der Waals surface area contributed by atoms with Crippen LogP contribution in [0.4, 0.5) is 0 Å². The average Bonchev–Trinajstić information content (AvgIpc) is 3.28. The number of carbonyl (C=O) groups is 1. The van der Waals surface area contributed by atoms with E-state index < -0.39 is 10.0 Å². The Morgan fingerprint density at radius 3 is 2.45 bits per heavy atom. The van der Waals surface area contributed by atoms with Gasteiger partial charge in [-0.2, -0.15) is 4.31 Å². The van der Waals surface area contributed by atoms with Gasteiger partial charge in [-0.1, -0.05) is 0 Å². The maximum absolute atomic E-state index is 13.0. The molecule has 3 rings (SSSR count). The zero-order valence-electron chi connectivity index (χ0n) is 16.8. The van der Waals surface area contributed by atoms with E-state index in [0.29, 0.717) is 30.1 Å². The third kappa shape index (κ3) is 4.56. The van der Waals surface area contributed by atoms with Crippen molar-refractivity contribution >= 4 is 15.9 Å². The van der Waals surface area contributed by atoms with E-state index in [-0.39, 0.29) is 35.9 Å². The van der Waals surface area contributed by atoms with Crippen LogP contribution < -0.4 is 14.8 Å². The van der Waals surface area contributed by atoms with Crippen molar-refractivity contribution in [3.05, 3.63) is 42.4 Å². The molecule has 1 saturated heterocycles. The van der Waals surface area contributed by atoms with Gasteiger partial charge in [-0.25, -0.2) is 8.42 Å². The van der Waals surface area contributed by atoms with Crippen molar-refractivity contribution < 1.29 is 27.1 Å². The number of sulfonamides is 1. The fourth-order valence-corrected chi connectivity index (χ4v) is 4.91. The molecule has 2 aromatic rings. The number of ether oxygens (including phenoxy) is 2. The summed E-state index contributed by atoms with van der Waals surface area (Å²) in [7, 11) is -0.721. The number of furan rings is 1. The Morgan fingerprint density at radius 2 is 1.86 bits per heavy atom. The van der Waals surface area contributed by atoms with Gasteiger partial charge in [-0.15, -0.1) is 0 Å². The van der Waals surface area contributed by atoms with Crippen LogP contribution in [0.2, 0.25) is 0 Å². The summed E-state index contributed by atoms with van der Waals surface area (Å²) in [5, 5.41) is 2.93. The predicted octanol–water partition coefficient (Wildman–Crippen LogP) is 2.57. The number of nitrogens with one attached hydrogen (secondary N) is 1. The van der Waals surface area contributed by atoms with Crippen molar-refractivity contribution in [3.8, 4) is 11.5 Å². The van der Waals surface area contributed by atoms with Gasteiger partial charge in [0.25, 0.3) is 0 Å². The van der Waals surface area contributed by atoms with Crippen LogP contribution in [0.25, 0.3) is 0 Å². The van der Waals surface area contributed by atoms with Crippen LogP contribution in [0.1, 0.15) is 31.6 Å². The van der Waals surface area contributed by atoms with Crippen LogP contribution in [0.5, 0.6) is 11.5 Å². The molecular formula is C20H26N2O6S. The van der Waals surface area contributed by atoms with Gasteiger partial charge in [-0.3, -0.25) is 4.79 Å². The minimum atomic E-state index is -3.68. The van der Waals surface area contributed by atoms with Gasteiger partial charge in [0.1, 0.15) is 5.76 Å². The summed E-state index contributed by atoms with van der Waals surface area (Å²) in [5.74, 6) is 1.19. The Morgan fingerprint density at radius 1 is 1.17 bits per heavy atom. The summed E-state index contributed by atoms with van der Waals surface area (Å²) in [6, 6.07) is 7.88. The Hall–Kier alpha value is -2.52. The first-order valence-corrected chi connectivity index (χ1v) is 10.9. The molecule has 0 unspecified atom stereocenters. The molecule has 1 fully saturated rings. The smallest absolute Gasteiger partial charge is 0.243 e. The van der Waals surface area contributed by atoms with E-state index in [1.165, 1.54) is 30.7 Å². The SMILES string of the molecule is COc1ccc(S(=O)(=O)N2CCC(C(=O)N[C@H](C)c3ccco3)CC2)cc1OC. The Balaban J connectivity index is 1.63. The molecule has 9 heteroatoms. The van der Waals surface area contributed by atoms with Gasteiger partial charge in [0.2, 0.25) is 15.9 Å². The molecule has 0 aliphatic carbocycles. The number of piperidine rings is 1. The minimum absolute atomic E-state index is 0.0861. The van der Waals surface area contributed by atoms with Gasteiger partial charge < -0.3 is 19.2 Å². The highest BCUT2D eigenvalue weighted by Crippen LogP contribution is 2.32. The molecule has 1 atom stereocenters. The molecule has 0 bridgehead atoms. The largest absolute Gasteiger partial charge is 0.493 e. The molecule has 1 aromatic heterocycles. The van der Waals surface area contributed by atoms with Crippen LogP contribution in [0.15, 0.2) is 45.9 Å². The number of amides is 1. The van der Waals surface area contributed by atoms with E-state index in [1.807, 2.05) is 13.0 Å². The quantitative estimate of drug-likeness (QED) is 0.736. The normalized spacial score (nSPS) is 16.9. The Kier molecular flexibility index (Phi) is 6.49. The first-order valence-electron chi connectivity index (χ1n) is 9.42. The number of hydrogen-bond acceptors (Lipinski definition) is 6. The van der Waals surface area contributed by atoms with E-state index in [4.69, 9.17) is 13.9 Å². The summed E-state index contributed by atoms with van der Waals surface area (Å²) >= 11 is 0. The van der Waals surface area contributed by atoms with Crippen molar-refractivity contribution in [3.63, 3.8) is 0 Å². The van der Waals surface area contributed by atoms with Crippen LogP contribution in [-0.4, -0.2) is 45.9 Å². The highest BCUT2D eigenvalue weighted by molar-refractivity contribution is 7.89. The number of nitrogens with zero attached hydrogens (tertiary/aromatic N) is 1. The lowest BCUT2D eigenvalue weighted by molar-refractivity contribution is -0.126. The molecule has 29 heavy (non-hydrogen) atoms. The third-order valence-corrected chi connectivity index (χ3v) is 7.04. The molecule has 1 aromatic carbocycles. The first kappa shape index (κ1) is 21.2. The van der Waals surface area contributed by atoms with Crippen LogP contribution >= 0.6 is 0 Å². The lowest BCUT2D eigenvalue weighted by Crippen LogP contribution is -2.43. The fraction of sp³-hybridized carbons (Fsp3) is 0.450. The molecule has 1 amide bonds. The number of hydrogen-bond donors (Lipinski definition) is 1. The summed E-state index contributed by atoms with van der Waals surface area (Å²) < 4.78 is 43.1. The summed E-state index contributed by atoms with van der Waals surface area (Å²) in [6.07, 6.45) is 2.49. The summed E-state index contributed by atoms with van der Waals surface area (Å²) in [4.78, 5) is 12.7. The van der Waals surface area contributed by atoms with E-state index in [1.54, 1.807) is 18.4 Å². The molecule has 1 aliphatic heterocycles. The highest BCUT2D eigenvalue weighted by atomic mass is 32.2. The molecule has 2 heterocycles. The van der Waals surface area contributed by atoms with Crippen LogP contribution in [0, 0.1) is 5.92 Å². The zero-order chi connectivity index (χ0) is 21.0. The first-order chi connectivity index (χ1) is 13.9. The van der Waals surface area contributed by atoms with Gasteiger partial charge in [0.05, 0.1) is 31.4 Å². The second kappa shape index (κ2) is 8.87. The molecule has 0 spiro atoms. The highest BCUT2D eigenvalue weighted by Gasteiger charge is 2.33. The van der Waals surface area contributed by atoms with Crippen molar-refractivity contribution in [1.82, 2.24) is 9.62 Å². The second-order valence-electron chi connectivity index (χ2n) is 6.94. The van der Waals surface area contributed by atoms with E-state index in [9.17, 15) is 13.2 Å². The average molecular weight is 423 g/mol. The molecule has 158 valence electrons. The topological polar surface area (TPSA) is 98.1 Å². The number of benzene rings is 1. The Labute approximate surface area is 170 Å². The zero-order valence-corrected chi connectivity index (χ0v) is 17.6. The van der Waals surface area contributed by atoms with E-state index in [0.717, 1.165) is 0 Å². The van der Waals surface area contributed by atoms with E-state index >= 15 is 0 Å². The number of carbonyl (C=O) groups excluding carboxylic acids is 1. The van der Waals surface area contributed by atoms with Gasteiger partial charge >= 0.3 is 0 Å². The van der Waals surface area contributed by atoms with Crippen molar-refractivity contribution in [2.75, 3.05) is 27.3 Å². The molecule has 0 radical (unpaired) electrons. The Bertz CT molecular complexity index is 934. The van der Waals surface area contributed by atoms with Crippen LogP contribution in [-0.2, 0) is 14.8 Å². The molecule has 0 saturated carbocycles. The van der Waals surface area contributed by atoms with Crippen LogP contribution in [0.3, 0.4) is 0 Å². The number of methoxy groups -OCH3 is 2. The molecule has 8 nitrogen and oxygen atoms in total. The maximum Gasteiger partial charge on any atom is 0.243 e. The van der Waals surface area contributed by atoms with Crippen molar-refractivity contribution in [1.29, 1.82) is 0 Å². The van der Waals surface area contributed by atoms with Crippen molar-refractivity contribution in [2.24, 2.45) is 5.92 Å². The van der Waals surface area contributed by atoms with Gasteiger partial charge in [0.15, 0.2) is 11.5 Å². The molecule has 1 aliphatic rings. The monoisotopic (exact) mass is 422 g/mol. The standard InChI is InChI=1S/C20H26N2O6S/c1-14(17-5-4-12-28-17)21-20(23)15-8-10-22(11-9-15)29(24,25)16-6-7-18(26-2)19(13-16)27-3/h4-7,12-15H,8-11H2,1-3H3,(H,21,23)/t14-/m1/s1. The second-order valence-corrected chi connectivity index (χ2v) is 8.88. The fourth-order valence-electron chi connectivity index (χ4n) is 3.42. The predicted molar refractivity (Wildman–Crippen MR) is 106 cm³/mol.